The maximum Gasteiger partial charge on any atom is 0.125 e. The Balaban J connectivity index is 2.18. The predicted molar refractivity (Wildman–Crippen MR) is 87.7 cm³/mol. The molecule has 20 heavy (non-hydrogen) atoms. The molecule has 0 fully saturated rings. The van der Waals surface area contributed by atoms with Gasteiger partial charge in [-0.2, -0.15) is 0 Å². The van der Waals surface area contributed by atoms with E-state index < -0.39 is 0 Å². The SMILES string of the molecule is Cc1csc(C(C)n2c(CCl)nc3cc(Br)ccc32)n1. The Hall–Kier alpha value is -0.910. The van der Waals surface area contributed by atoms with Crippen LogP contribution in [0.1, 0.15) is 29.5 Å². The number of nitrogens with zero attached hydrogens (tertiary/aromatic N) is 3. The predicted octanol–water partition coefficient (Wildman–Crippen LogP) is 4.91. The number of aromatic nitrogens is 3. The zero-order chi connectivity index (χ0) is 14.3. The van der Waals surface area contributed by atoms with Crippen LogP contribution in [0.3, 0.4) is 0 Å². The summed E-state index contributed by atoms with van der Waals surface area (Å²) in [6.45, 7) is 4.15. The molecule has 0 aliphatic heterocycles. The molecule has 2 aromatic heterocycles. The van der Waals surface area contributed by atoms with Crippen LogP contribution in [0.15, 0.2) is 28.1 Å². The summed E-state index contributed by atoms with van der Waals surface area (Å²) in [4.78, 5) is 9.21. The van der Waals surface area contributed by atoms with Crippen molar-refractivity contribution in [2.45, 2.75) is 25.8 Å². The largest absolute Gasteiger partial charge is 0.317 e. The van der Waals surface area contributed by atoms with Crippen LogP contribution in [-0.2, 0) is 5.88 Å². The minimum absolute atomic E-state index is 0.133. The zero-order valence-corrected chi connectivity index (χ0v) is 14.3. The van der Waals surface area contributed by atoms with E-state index in [2.05, 4.69) is 48.8 Å². The normalized spacial score (nSPS) is 13.0. The van der Waals surface area contributed by atoms with Crippen molar-refractivity contribution >= 4 is 49.9 Å². The van der Waals surface area contributed by atoms with Crippen molar-refractivity contribution in [1.82, 2.24) is 14.5 Å². The Morgan fingerprint density at radius 3 is 2.85 bits per heavy atom. The van der Waals surface area contributed by atoms with Crippen molar-refractivity contribution < 1.29 is 0 Å². The van der Waals surface area contributed by atoms with Crippen LogP contribution in [0, 0.1) is 6.92 Å². The van der Waals surface area contributed by atoms with E-state index in [1.54, 1.807) is 11.3 Å². The van der Waals surface area contributed by atoms with E-state index in [1.165, 1.54) is 0 Å². The number of alkyl halides is 1. The number of benzene rings is 1. The molecule has 0 spiro atoms. The zero-order valence-electron chi connectivity index (χ0n) is 11.1. The fraction of sp³-hybridized carbons (Fsp3) is 0.286. The second kappa shape index (κ2) is 5.47. The number of halogens is 2. The van der Waals surface area contributed by atoms with Crippen molar-refractivity contribution in [2.24, 2.45) is 0 Å². The Morgan fingerprint density at radius 1 is 1.40 bits per heavy atom. The smallest absolute Gasteiger partial charge is 0.125 e. The summed E-state index contributed by atoms with van der Waals surface area (Å²) in [5.41, 5.74) is 3.09. The standard InChI is InChI=1S/C14H13BrClN3S/c1-8-7-20-14(17-8)9(2)19-12-4-3-10(15)5-11(12)18-13(19)6-16/h3-5,7,9H,6H2,1-2H3. The minimum atomic E-state index is 0.133. The van der Waals surface area contributed by atoms with Crippen LogP contribution >= 0.6 is 38.9 Å². The van der Waals surface area contributed by atoms with Crippen LogP contribution < -0.4 is 0 Å². The molecule has 1 aromatic carbocycles. The highest BCUT2D eigenvalue weighted by Gasteiger charge is 2.19. The molecule has 6 heteroatoms. The van der Waals surface area contributed by atoms with Gasteiger partial charge in [0.2, 0.25) is 0 Å². The van der Waals surface area contributed by atoms with Gasteiger partial charge >= 0.3 is 0 Å². The van der Waals surface area contributed by atoms with Crippen molar-refractivity contribution in [3.05, 3.63) is 44.6 Å². The lowest BCUT2D eigenvalue weighted by Gasteiger charge is -2.14. The molecule has 0 bridgehead atoms. The van der Waals surface area contributed by atoms with Gasteiger partial charge in [0.25, 0.3) is 0 Å². The number of hydrogen-bond acceptors (Lipinski definition) is 3. The van der Waals surface area contributed by atoms with Crippen molar-refractivity contribution in [1.29, 1.82) is 0 Å². The quantitative estimate of drug-likeness (QED) is 0.613. The molecule has 1 atom stereocenters. The first kappa shape index (κ1) is 14.0. The van der Waals surface area contributed by atoms with E-state index in [0.29, 0.717) is 5.88 Å². The molecule has 2 heterocycles. The lowest BCUT2D eigenvalue weighted by Crippen LogP contribution is -2.09. The Kier molecular flexibility index (Phi) is 3.84. The highest BCUT2D eigenvalue weighted by Crippen LogP contribution is 2.29. The molecule has 0 radical (unpaired) electrons. The molecule has 3 aromatic rings. The van der Waals surface area contributed by atoms with Gasteiger partial charge in [-0.3, -0.25) is 0 Å². The summed E-state index contributed by atoms with van der Waals surface area (Å²) in [5.74, 6) is 1.26. The van der Waals surface area contributed by atoms with Crippen LogP contribution in [0.4, 0.5) is 0 Å². The fourth-order valence-electron chi connectivity index (χ4n) is 2.32. The number of aryl methyl sites for hydroxylation is 1. The van der Waals surface area contributed by atoms with E-state index in [1.807, 2.05) is 19.1 Å². The summed E-state index contributed by atoms with van der Waals surface area (Å²) >= 11 is 11.2. The van der Waals surface area contributed by atoms with E-state index >= 15 is 0 Å². The molecule has 0 amide bonds. The Labute approximate surface area is 134 Å². The highest BCUT2D eigenvalue weighted by molar-refractivity contribution is 9.10. The van der Waals surface area contributed by atoms with E-state index in [9.17, 15) is 0 Å². The second-order valence-electron chi connectivity index (χ2n) is 4.67. The van der Waals surface area contributed by atoms with Gasteiger partial charge in [-0.1, -0.05) is 15.9 Å². The molecule has 104 valence electrons. The number of hydrogen-bond donors (Lipinski definition) is 0. The van der Waals surface area contributed by atoms with Gasteiger partial charge in [0, 0.05) is 15.5 Å². The van der Waals surface area contributed by atoms with Gasteiger partial charge in [0.05, 0.1) is 23.0 Å². The maximum atomic E-state index is 6.07. The molecule has 3 rings (SSSR count). The van der Waals surface area contributed by atoms with E-state index in [-0.39, 0.29) is 6.04 Å². The first-order valence-corrected chi connectivity index (χ1v) is 8.45. The minimum Gasteiger partial charge on any atom is -0.317 e. The van der Waals surface area contributed by atoms with Crippen molar-refractivity contribution in [3.8, 4) is 0 Å². The first-order valence-electron chi connectivity index (χ1n) is 6.24. The van der Waals surface area contributed by atoms with E-state index in [0.717, 1.165) is 32.0 Å². The molecular weight excluding hydrogens is 358 g/mol. The van der Waals surface area contributed by atoms with Crippen LogP contribution in [0.5, 0.6) is 0 Å². The van der Waals surface area contributed by atoms with Crippen LogP contribution in [-0.4, -0.2) is 14.5 Å². The molecular formula is C14H13BrClN3S. The topological polar surface area (TPSA) is 30.7 Å². The third-order valence-corrected chi connectivity index (χ3v) is 5.09. The molecule has 0 aliphatic rings. The second-order valence-corrected chi connectivity index (χ2v) is 6.74. The molecule has 1 unspecified atom stereocenters. The van der Waals surface area contributed by atoms with Crippen LogP contribution in [0.2, 0.25) is 0 Å². The lowest BCUT2D eigenvalue weighted by atomic mass is 10.3. The molecule has 0 N–H and O–H groups in total. The van der Waals surface area contributed by atoms with Crippen LogP contribution in [0.25, 0.3) is 11.0 Å². The molecule has 0 saturated carbocycles. The number of thiazole rings is 1. The number of fused-ring (bicyclic) bond motifs is 1. The molecule has 3 nitrogen and oxygen atoms in total. The molecule has 0 saturated heterocycles. The number of imidazole rings is 1. The average Bonchev–Trinajstić information content (AvgIpc) is 3.00. The fourth-order valence-corrected chi connectivity index (χ4v) is 3.70. The monoisotopic (exact) mass is 369 g/mol. The Bertz CT molecular complexity index is 765. The van der Waals surface area contributed by atoms with Gasteiger partial charge in [-0.05, 0) is 32.0 Å². The van der Waals surface area contributed by atoms with Gasteiger partial charge in [-0.25, -0.2) is 9.97 Å². The lowest BCUT2D eigenvalue weighted by molar-refractivity contribution is 0.628. The maximum absolute atomic E-state index is 6.07. The summed E-state index contributed by atoms with van der Waals surface area (Å²) < 4.78 is 3.20. The van der Waals surface area contributed by atoms with Gasteiger partial charge < -0.3 is 4.57 Å². The summed E-state index contributed by atoms with van der Waals surface area (Å²) in [5, 5.41) is 3.15. The summed E-state index contributed by atoms with van der Waals surface area (Å²) in [6, 6.07) is 6.24. The Morgan fingerprint density at radius 2 is 2.20 bits per heavy atom. The third-order valence-electron chi connectivity index (χ3n) is 3.23. The summed E-state index contributed by atoms with van der Waals surface area (Å²) in [6.07, 6.45) is 0. The van der Waals surface area contributed by atoms with Gasteiger partial charge in [0.15, 0.2) is 0 Å². The highest BCUT2D eigenvalue weighted by atomic mass is 79.9. The van der Waals surface area contributed by atoms with E-state index in [4.69, 9.17) is 11.6 Å². The first-order chi connectivity index (χ1) is 9.60. The summed E-state index contributed by atoms with van der Waals surface area (Å²) in [7, 11) is 0. The van der Waals surface area contributed by atoms with Gasteiger partial charge in [-0.15, -0.1) is 22.9 Å². The van der Waals surface area contributed by atoms with Gasteiger partial charge in [0.1, 0.15) is 10.8 Å². The van der Waals surface area contributed by atoms with Crippen molar-refractivity contribution in [2.75, 3.05) is 0 Å². The average molecular weight is 371 g/mol. The number of rotatable bonds is 3. The third kappa shape index (κ3) is 2.38. The molecule has 0 aliphatic carbocycles. The van der Waals surface area contributed by atoms with Crippen molar-refractivity contribution in [3.63, 3.8) is 0 Å².